The molecule has 5 aliphatic rings. The Balaban J connectivity index is 0.000000338. The monoisotopic (exact) mass is 2270 g/mol. The minimum atomic E-state index is -5.08. The van der Waals surface area contributed by atoms with Gasteiger partial charge in [-0.25, -0.2) is 36.0 Å². The molecule has 0 bridgehead atoms. The molecule has 50 heteroatoms. The number of nitrogens with zero attached hydrogens (tertiary/aromatic N) is 5. The van der Waals surface area contributed by atoms with Crippen LogP contribution in [-0.4, -0.2) is 322 Å². The van der Waals surface area contributed by atoms with Crippen LogP contribution in [0.15, 0.2) is 119 Å². The third kappa shape index (κ3) is 48.6. The zero-order valence-corrected chi connectivity index (χ0v) is 89.3. The molecular formula is C99H129Cl6F7N8O27S2. The Morgan fingerprint density at radius 1 is 0.450 bits per heavy atom. The first-order chi connectivity index (χ1) is 71.2. The molecule has 11 rings (SSSR count). The molecule has 0 aliphatic carbocycles. The summed E-state index contributed by atoms with van der Waals surface area (Å²) in [5.41, 5.74) is 16.3. The van der Waals surface area contributed by atoms with Crippen molar-refractivity contribution in [1.29, 1.82) is 0 Å². The Kier molecular flexibility index (Phi) is 59.7. The van der Waals surface area contributed by atoms with E-state index >= 15 is 0 Å². The van der Waals surface area contributed by atoms with Crippen molar-refractivity contribution in [2.24, 2.45) is 5.73 Å². The largest absolute Gasteiger partial charge is 0.490 e. The molecule has 5 aliphatic heterocycles. The molecule has 0 spiro atoms. The van der Waals surface area contributed by atoms with E-state index in [2.05, 4.69) is 72.4 Å². The number of benzene rings is 6. The number of carbonyl (C=O) groups excluding carboxylic acids is 8. The van der Waals surface area contributed by atoms with Crippen LogP contribution < -0.4 is 16.4 Å². The first-order valence-electron chi connectivity index (χ1n) is 48.0. The van der Waals surface area contributed by atoms with E-state index in [9.17, 15) is 85.9 Å². The molecular weight excluding hydrogens is 2140 g/mol. The standard InChI is InChI=1S/C33H47Cl2N3O5.C25H34Cl2N2O5S.C24H31Cl2NO5S.C12H12N2O8.2C2HF3O2.CH3F/c1-3-4-8-28(39)9-10-33(40)37-12-14-42-16-18-43-17-15-41-13-11-36-22-25-6-5-7-26(19-25)30-23-38(2)24-31-29(30)20-27(34)21-32(31)35;1-29-17-23(22-15-20(26)16-25(27)24(22)18-29)19-4-2-5-21(14-19)35(30,31)13-3-7-32-9-11-34-12-10-33-8-6-28;1-27-16-22(21-14-19(25)15-24(26)23(21)17-27)18-5-3-6-20(13-18)33(28,29)12-4-7-31-10-11-32-9-8-30-2;15-7-1-2-8(16)13(7)21-11(19)5-6-12(20)22-14-9(17)3-4-10(14)18;2*3-2(4,5)1(6)7;1-2/h5-7,19-21,30,36H,3-4,8-18,22-24H2,1-2H3,(H,37,40);2,4-5,14-16,23H,3,6-13,17-18,28H2,1H3;3,5-6,13-15,22H,4,7-12,16-17H2,1-2H3;1-6H2;2*(H,6,7);1H3/i;;;;;;1D. The van der Waals surface area contributed by atoms with Crippen LogP contribution in [0.5, 0.6) is 0 Å². The molecule has 5 heterocycles. The number of aliphatic carboxylic acids is 2. The number of Topliss-reactive ketones (excluding diaryl/α,β-unsaturated/α-hetero) is 1. The number of likely N-dealkylation sites (N-methyl/N-ethyl adjacent to an activating group) is 3. The fourth-order valence-corrected chi connectivity index (χ4v) is 19.4. The van der Waals surface area contributed by atoms with Crippen molar-refractivity contribution in [3.63, 3.8) is 0 Å². The molecule has 2 saturated heterocycles. The number of carbonyl (C=O) groups is 10. The van der Waals surface area contributed by atoms with Gasteiger partial charge in [0.15, 0.2) is 19.7 Å². The maximum Gasteiger partial charge on any atom is 0.490 e. The van der Waals surface area contributed by atoms with Gasteiger partial charge in [-0.15, -0.1) is 10.1 Å². The molecule has 0 radical (unpaired) electrons. The van der Waals surface area contributed by atoms with Crippen LogP contribution in [0.3, 0.4) is 0 Å². The van der Waals surface area contributed by atoms with E-state index < -0.39 is 99.5 Å². The highest BCUT2D eigenvalue weighted by molar-refractivity contribution is 7.91. The number of rotatable bonds is 52. The number of ether oxygens (including phenoxy) is 9. The molecule has 3 unspecified atom stereocenters. The minimum Gasteiger partial charge on any atom is -0.475 e. The van der Waals surface area contributed by atoms with E-state index in [-0.39, 0.29) is 73.1 Å². The van der Waals surface area contributed by atoms with Gasteiger partial charge in [-0.3, -0.25) is 33.2 Å². The molecule has 149 heavy (non-hydrogen) atoms. The number of imide groups is 2. The maximum absolute atomic E-state index is 13.0. The van der Waals surface area contributed by atoms with Crippen LogP contribution >= 0.6 is 69.6 Å². The van der Waals surface area contributed by atoms with Crippen LogP contribution in [-0.2, 0) is 146 Å². The molecule has 6 aromatic rings. The summed E-state index contributed by atoms with van der Waals surface area (Å²) in [7, 11) is -0.0654. The summed E-state index contributed by atoms with van der Waals surface area (Å²) < 4.78 is 179. The molecule has 2 fully saturated rings. The molecule has 0 saturated carbocycles. The molecule has 6 aromatic carbocycles. The Morgan fingerprint density at radius 3 is 1.13 bits per heavy atom. The number of carboxylic acid groups (broad SMARTS) is 2. The average Bonchev–Trinajstić information content (AvgIpc) is 1.21. The van der Waals surface area contributed by atoms with Crippen molar-refractivity contribution in [1.82, 2.24) is 35.5 Å². The molecule has 35 nitrogen and oxygen atoms in total. The van der Waals surface area contributed by atoms with E-state index in [1.165, 1.54) is 16.7 Å². The number of hydrogen-bond donors (Lipinski definition) is 5. The highest BCUT2D eigenvalue weighted by Crippen LogP contribution is 2.43. The Hall–Kier alpha value is -8.79. The van der Waals surface area contributed by atoms with E-state index in [1.54, 1.807) is 55.6 Å². The minimum absolute atomic E-state index is 0.00783. The molecule has 5 amide bonds. The number of nitrogens with two attached hydrogens (primary N) is 1. The highest BCUT2D eigenvalue weighted by atomic mass is 35.5. The van der Waals surface area contributed by atoms with Crippen LogP contribution in [0.4, 0.5) is 30.7 Å². The number of sulfone groups is 2. The van der Waals surface area contributed by atoms with Gasteiger partial charge in [0.2, 0.25) is 5.91 Å². The van der Waals surface area contributed by atoms with Crippen LogP contribution in [0.25, 0.3) is 0 Å². The Bertz CT molecular complexity index is 5450. The molecule has 6 N–H and O–H groups in total. The SMILES string of the molecule is CCCCC(=O)CCC(=O)NCCOCCOCCOCCNCc1cccc(C2CN(C)Cc3c(Cl)cc(Cl)cc32)c1.CN1Cc2c(Cl)cc(Cl)cc2C(c2cccc(S(=O)(=O)CCCOCCOCCOCCN)c2)C1.COCCOCCOCCCS(=O)(=O)c1cccc(C2CN(C)Cc3c(Cl)cc(Cl)cc32)c1.O=C(CCC(=O)ON1C(=O)CCC1=O)ON1C(=O)CCC1=O.O=C(O)C(F)(F)F.O=C(O)C(F)(F)F.[2H]CF. The van der Waals surface area contributed by atoms with Gasteiger partial charge in [0.05, 0.1) is 142 Å². The molecule has 0 aromatic heterocycles. The first-order valence-corrected chi connectivity index (χ1v) is 52.9. The number of nitrogens with one attached hydrogen (secondary N) is 2. The zero-order chi connectivity index (χ0) is 111. The van der Waals surface area contributed by atoms with Crippen molar-refractivity contribution in [3.05, 3.63) is 195 Å². The molecule has 3 atom stereocenters. The predicted molar refractivity (Wildman–Crippen MR) is 541 cm³/mol. The van der Waals surface area contributed by atoms with Crippen LogP contribution in [0, 0.1) is 0 Å². The Labute approximate surface area is 893 Å². The third-order valence-corrected chi connectivity index (χ3v) is 27.5. The van der Waals surface area contributed by atoms with Gasteiger partial charge in [0.1, 0.15) is 5.78 Å². The summed E-state index contributed by atoms with van der Waals surface area (Å²) in [6.45, 7) is 17.2. The van der Waals surface area contributed by atoms with E-state index in [0.717, 1.165) is 109 Å². The van der Waals surface area contributed by atoms with Crippen LogP contribution in [0.2, 0.25) is 30.1 Å². The number of alkyl halides is 7. The summed E-state index contributed by atoms with van der Waals surface area (Å²) in [4.78, 5) is 125. The number of halogens is 13. The summed E-state index contributed by atoms with van der Waals surface area (Å²) in [6.07, 6.45) is -7.41. The average molecular weight is 2270 g/mol. The lowest BCUT2D eigenvalue weighted by Gasteiger charge is -2.33. The van der Waals surface area contributed by atoms with Gasteiger partial charge in [-0.2, -0.15) is 26.3 Å². The van der Waals surface area contributed by atoms with Gasteiger partial charge in [0, 0.05) is 179 Å². The van der Waals surface area contributed by atoms with Gasteiger partial charge in [0.25, 0.3) is 23.6 Å². The van der Waals surface area contributed by atoms with Gasteiger partial charge in [-0.05, 0) is 157 Å². The second-order valence-electron chi connectivity index (χ2n) is 33.9. The summed E-state index contributed by atoms with van der Waals surface area (Å²) in [5.74, 6) is -9.69. The number of amides is 5. The van der Waals surface area contributed by atoms with E-state index in [4.69, 9.17) is 139 Å². The zero-order valence-electron chi connectivity index (χ0n) is 84.2. The van der Waals surface area contributed by atoms with Crippen molar-refractivity contribution >= 4 is 148 Å². The Morgan fingerprint density at radius 2 is 0.779 bits per heavy atom. The van der Waals surface area contributed by atoms with Crippen LogP contribution in [0.1, 0.15) is 165 Å². The maximum atomic E-state index is 13.0. The lowest BCUT2D eigenvalue weighted by molar-refractivity contribution is -0.201. The number of hydroxylamine groups is 4. The van der Waals surface area contributed by atoms with Crippen molar-refractivity contribution in [2.45, 2.75) is 156 Å². The second-order valence-corrected chi connectivity index (χ2v) is 40.6. The second kappa shape index (κ2) is 69.1. The van der Waals surface area contributed by atoms with Gasteiger partial charge >= 0.3 is 36.2 Å². The van der Waals surface area contributed by atoms with E-state index in [0.29, 0.717) is 196 Å². The summed E-state index contributed by atoms with van der Waals surface area (Å²) in [6, 6.07) is 34.4. The number of ketones is 1. The van der Waals surface area contributed by atoms with Gasteiger partial charge in [-0.1, -0.05) is 131 Å². The smallest absolute Gasteiger partial charge is 0.475 e. The predicted octanol–water partition coefficient (Wildman–Crippen LogP) is 14.4. The number of methoxy groups -OCH3 is 1. The van der Waals surface area contributed by atoms with Crippen molar-refractivity contribution in [2.75, 3.05) is 198 Å². The highest BCUT2D eigenvalue weighted by Gasteiger charge is 2.41. The fraction of sp³-hybridized carbons (Fsp3) is 0.535. The number of unbranched alkanes of at least 4 members (excludes halogenated alkanes) is 1. The topological polar surface area (TPSA) is 447 Å². The summed E-state index contributed by atoms with van der Waals surface area (Å²) >= 11 is 38.4. The first kappa shape index (κ1) is 129. The van der Waals surface area contributed by atoms with Crippen molar-refractivity contribution < 1.29 is 159 Å². The lowest BCUT2D eigenvalue weighted by atomic mass is 9.84. The third-order valence-electron chi connectivity index (χ3n) is 22.2. The quantitative estimate of drug-likeness (QED) is 0.0134. The normalized spacial score (nSPS) is 15.7. The summed E-state index contributed by atoms with van der Waals surface area (Å²) in [5, 5.41) is 25.1. The lowest BCUT2D eigenvalue weighted by Crippen LogP contribution is -2.33. The number of fused-ring (bicyclic) bond motifs is 3. The van der Waals surface area contributed by atoms with Crippen molar-refractivity contribution in [3.8, 4) is 0 Å². The molecule has 830 valence electrons. The van der Waals surface area contributed by atoms with Gasteiger partial charge < -0.3 is 93.6 Å². The number of carboxylic acids is 2. The number of hydrogen-bond acceptors (Lipinski definition) is 30. The van der Waals surface area contributed by atoms with E-state index in [1.807, 2.05) is 51.4 Å². The fourth-order valence-electron chi connectivity index (χ4n) is 15.0.